The van der Waals surface area contributed by atoms with Gasteiger partial charge in [0.25, 0.3) is 0 Å². The van der Waals surface area contributed by atoms with Gasteiger partial charge in [0.05, 0.1) is 12.2 Å². The second-order valence-electron chi connectivity index (χ2n) is 5.85. The number of halogens is 2. The molecule has 2 aliphatic heterocycles. The van der Waals surface area contributed by atoms with E-state index < -0.39 is 11.6 Å². The largest absolute Gasteiger partial charge is 0.375 e. The molecule has 0 saturated carbocycles. The van der Waals surface area contributed by atoms with E-state index in [0.717, 1.165) is 25.8 Å². The summed E-state index contributed by atoms with van der Waals surface area (Å²) in [4.78, 5) is 0. The minimum atomic E-state index is -0.762. The molecule has 2 nitrogen and oxygen atoms in total. The van der Waals surface area contributed by atoms with Gasteiger partial charge in [-0.25, -0.2) is 8.78 Å². The van der Waals surface area contributed by atoms with Crippen molar-refractivity contribution in [3.05, 3.63) is 35.4 Å². The first-order chi connectivity index (χ1) is 9.69. The van der Waals surface area contributed by atoms with Crippen LogP contribution in [0, 0.1) is 17.6 Å². The minimum absolute atomic E-state index is 0.159. The van der Waals surface area contributed by atoms with E-state index in [1.807, 2.05) is 6.92 Å². The van der Waals surface area contributed by atoms with Crippen molar-refractivity contribution < 1.29 is 13.5 Å². The number of rotatable bonds is 5. The third-order valence-electron chi connectivity index (χ3n) is 4.61. The molecule has 2 saturated heterocycles. The monoisotopic (exact) mass is 281 g/mol. The Labute approximate surface area is 118 Å². The van der Waals surface area contributed by atoms with Crippen LogP contribution in [0.4, 0.5) is 8.78 Å². The fourth-order valence-electron chi connectivity index (χ4n) is 3.68. The van der Waals surface area contributed by atoms with Crippen molar-refractivity contribution >= 4 is 0 Å². The van der Waals surface area contributed by atoms with Gasteiger partial charge in [-0.05, 0) is 43.9 Å². The summed E-state index contributed by atoms with van der Waals surface area (Å²) in [6.07, 6.45) is 4.48. The van der Waals surface area contributed by atoms with Crippen LogP contribution >= 0.6 is 0 Å². The average molecular weight is 281 g/mol. The maximum absolute atomic E-state index is 13.8. The van der Waals surface area contributed by atoms with Crippen molar-refractivity contribution in [1.29, 1.82) is 0 Å². The van der Waals surface area contributed by atoms with E-state index >= 15 is 0 Å². The first kappa shape index (κ1) is 14.0. The molecule has 0 radical (unpaired) electrons. The van der Waals surface area contributed by atoms with Crippen molar-refractivity contribution in [3.63, 3.8) is 0 Å². The van der Waals surface area contributed by atoms with Crippen molar-refractivity contribution in [2.45, 2.75) is 50.9 Å². The van der Waals surface area contributed by atoms with Gasteiger partial charge in [-0.3, -0.25) is 0 Å². The van der Waals surface area contributed by atoms with Gasteiger partial charge < -0.3 is 10.1 Å². The lowest BCUT2D eigenvalue weighted by atomic mass is 9.81. The summed E-state index contributed by atoms with van der Waals surface area (Å²) in [5.74, 6) is -1.06. The molecule has 0 aromatic heterocycles. The van der Waals surface area contributed by atoms with Crippen LogP contribution < -0.4 is 5.32 Å². The molecule has 2 bridgehead atoms. The molecule has 2 heterocycles. The Kier molecular flexibility index (Phi) is 4.03. The summed E-state index contributed by atoms with van der Waals surface area (Å²) in [5, 5.41) is 3.44. The summed E-state index contributed by atoms with van der Waals surface area (Å²) >= 11 is 0. The highest BCUT2D eigenvalue weighted by atomic mass is 19.2. The molecule has 4 atom stereocenters. The summed E-state index contributed by atoms with van der Waals surface area (Å²) in [6, 6.07) is 4.58. The van der Waals surface area contributed by atoms with Crippen LogP contribution in [0.1, 0.15) is 31.7 Å². The van der Waals surface area contributed by atoms with E-state index in [4.69, 9.17) is 4.74 Å². The number of likely N-dealkylation sites (N-methyl/N-ethyl adjacent to an activating group) is 1. The van der Waals surface area contributed by atoms with Crippen molar-refractivity contribution in [2.24, 2.45) is 5.92 Å². The van der Waals surface area contributed by atoms with Crippen LogP contribution in [0.25, 0.3) is 0 Å². The lowest BCUT2D eigenvalue weighted by molar-refractivity contribution is 0.0857. The smallest absolute Gasteiger partial charge is 0.162 e. The number of ether oxygens (including phenoxy) is 1. The SMILES string of the molecule is CCNC(Cc1cccc(F)c1F)C1CC2CCC1O2. The van der Waals surface area contributed by atoms with Crippen LogP contribution in [0.15, 0.2) is 18.2 Å². The third kappa shape index (κ3) is 2.59. The summed E-state index contributed by atoms with van der Waals surface area (Å²) in [5.41, 5.74) is 0.457. The number of nitrogens with one attached hydrogen (secondary N) is 1. The van der Waals surface area contributed by atoms with Gasteiger partial charge in [-0.1, -0.05) is 19.1 Å². The second-order valence-corrected chi connectivity index (χ2v) is 5.85. The zero-order chi connectivity index (χ0) is 14.1. The first-order valence-electron chi connectivity index (χ1n) is 7.50. The highest BCUT2D eigenvalue weighted by Gasteiger charge is 2.44. The standard InChI is InChI=1S/C16H21F2NO/c1-2-19-14(12-9-11-6-7-15(12)20-11)8-10-4-3-5-13(17)16(10)18/h3-5,11-12,14-15,19H,2,6-9H2,1H3. The number of fused-ring (bicyclic) bond motifs is 2. The highest BCUT2D eigenvalue weighted by molar-refractivity contribution is 5.20. The van der Waals surface area contributed by atoms with E-state index in [-0.39, 0.29) is 6.04 Å². The zero-order valence-corrected chi connectivity index (χ0v) is 11.7. The lowest BCUT2D eigenvalue weighted by Gasteiger charge is -2.29. The number of hydrogen-bond donors (Lipinski definition) is 1. The van der Waals surface area contributed by atoms with Crippen molar-refractivity contribution in [1.82, 2.24) is 5.32 Å². The molecule has 3 rings (SSSR count). The Balaban J connectivity index is 1.76. The van der Waals surface area contributed by atoms with Gasteiger partial charge in [-0.15, -0.1) is 0 Å². The maximum atomic E-state index is 13.8. The van der Waals surface area contributed by atoms with E-state index in [2.05, 4.69) is 5.32 Å². The van der Waals surface area contributed by atoms with Gasteiger partial charge in [0.15, 0.2) is 11.6 Å². The van der Waals surface area contributed by atoms with Crippen LogP contribution in [-0.2, 0) is 11.2 Å². The lowest BCUT2D eigenvalue weighted by Crippen LogP contribution is -2.42. The average Bonchev–Trinajstić information content (AvgIpc) is 3.05. The van der Waals surface area contributed by atoms with Gasteiger partial charge in [0, 0.05) is 12.0 Å². The molecule has 0 amide bonds. The van der Waals surface area contributed by atoms with E-state index in [1.54, 1.807) is 12.1 Å². The van der Waals surface area contributed by atoms with Crippen molar-refractivity contribution in [2.75, 3.05) is 6.54 Å². The number of benzene rings is 1. The van der Waals surface area contributed by atoms with E-state index in [0.29, 0.717) is 30.1 Å². The molecule has 4 unspecified atom stereocenters. The van der Waals surface area contributed by atoms with Crippen molar-refractivity contribution in [3.8, 4) is 0 Å². The predicted octanol–water partition coefficient (Wildman–Crippen LogP) is 3.05. The quantitative estimate of drug-likeness (QED) is 0.895. The van der Waals surface area contributed by atoms with Gasteiger partial charge >= 0.3 is 0 Å². The molecule has 1 aromatic carbocycles. The maximum Gasteiger partial charge on any atom is 0.162 e. The minimum Gasteiger partial charge on any atom is -0.375 e. The Morgan fingerprint density at radius 1 is 1.35 bits per heavy atom. The molecule has 1 aromatic rings. The highest BCUT2D eigenvalue weighted by Crippen LogP contribution is 2.41. The molecule has 2 aliphatic rings. The number of hydrogen-bond acceptors (Lipinski definition) is 2. The molecule has 2 fully saturated rings. The van der Waals surface area contributed by atoms with Crippen LogP contribution in [0.3, 0.4) is 0 Å². The Morgan fingerprint density at radius 3 is 2.85 bits per heavy atom. The Hall–Kier alpha value is -1.00. The normalized spacial score (nSPS) is 29.9. The second kappa shape index (κ2) is 5.78. The Bertz CT molecular complexity index is 480. The van der Waals surface area contributed by atoms with E-state index in [9.17, 15) is 8.78 Å². The summed E-state index contributed by atoms with van der Waals surface area (Å²) in [6.45, 7) is 2.87. The van der Waals surface area contributed by atoms with Crippen LogP contribution in [-0.4, -0.2) is 24.8 Å². The molecule has 110 valence electrons. The van der Waals surface area contributed by atoms with Gasteiger partial charge in [-0.2, -0.15) is 0 Å². The molecule has 20 heavy (non-hydrogen) atoms. The van der Waals surface area contributed by atoms with Crippen LogP contribution in [0.2, 0.25) is 0 Å². The molecular weight excluding hydrogens is 260 g/mol. The molecular formula is C16H21F2NO. The third-order valence-corrected chi connectivity index (χ3v) is 4.61. The summed E-state index contributed by atoms with van der Waals surface area (Å²) < 4.78 is 33.1. The predicted molar refractivity (Wildman–Crippen MR) is 73.5 cm³/mol. The fraction of sp³-hybridized carbons (Fsp3) is 0.625. The molecule has 0 aliphatic carbocycles. The first-order valence-corrected chi connectivity index (χ1v) is 7.50. The Morgan fingerprint density at radius 2 is 2.20 bits per heavy atom. The van der Waals surface area contributed by atoms with Gasteiger partial charge in [0.2, 0.25) is 0 Å². The van der Waals surface area contributed by atoms with Gasteiger partial charge in [0.1, 0.15) is 0 Å². The molecule has 4 heteroatoms. The zero-order valence-electron chi connectivity index (χ0n) is 11.7. The topological polar surface area (TPSA) is 21.3 Å². The molecule has 0 spiro atoms. The molecule has 1 N–H and O–H groups in total. The fourth-order valence-corrected chi connectivity index (χ4v) is 3.68. The van der Waals surface area contributed by atoms with Crippen LogP contribution in [0.5, 0.6) is 0 Å². The van der Waals surface area contributed by atoms with E-state index in [1.165, 1.54) is 6.07 Å². The summed E-state index contributed by atoms with van der Waals surface area (Å²) in [7, 11) is 0.